The van der Waals surface area contributed by atoms with Crippen molar-refractivity contribution in [2.24, 2.45) is 5.41 Å². The number of nitrogens with zero attached hydrogens (tertiary/aromatic N) is 1. The third kappa shape index (κ3) is 4.28. The number of carbonyl (C=O) groups excluding carboxylic acids is 1. The van der Waals surface area contributed by atoms with Gasteiger partial charge in [-0.05, 0) is 67.1 Å². The lowest BCUT2D eigenvalue weighted by atomic mass is 9.78. The molecule has 2 fully saturated rings. The molecule has 5 heteroatoms. The van der Waals surface area contributed by atoms with E-state index in [2.05, 4.69) is 5.32 Å². The number of halogens is 1. The van der Waals surface area contributed by atoms with Gasteiger partial charge in [-0.3, -0.25) is 4.79 Å². The van der Waals surface area contributed by atoms with Crippen molar-refractivity contribution >= 4 is 17.5 Å². The predicted octanol–water partition coefficient (Wildman–Crippen LogP) is 4.13. The quantitative estimate of drug-likeness (QED) is 0.861. The molecule has 2 aliphatic heterocycles. The molecule has 1 amide bonds. The molecule has 2 aromatic carbocycles. The molecule has 2 heterocycles. The molecule has 0 unspecified atom stereocenters. The second-order valence-electron chi connectivity index (χ2n) is 7.67. The molecule has 142 valence electrons. The fourth-order valence-electron chi connectivity index (χ4n) is 4.10. The van der Waals surface area contributed by atoms with Crippen molar-refractivity contribution in [1.29, 1.82) is 0 Å². The van der Waals surface area contributed by atoms with E-state index in [0.29, 0.717) is 28.4 Å². The van der Waals surface area contributed by atoms with Crippen molar-refractivity contribution in [2.45, 2.75) is 25.9 Å². The third-order valence-electron chi connectivity index (χ3n) is 5.82. The van der Waals surface area contributed by atoms with E-state index in [-0.39, 0.29) is 5.91 Å². The minimum atomic E-state index is 0.101. The molecule has 1 N–H and O–H groups in total. The van der Waals surface area contributed by atoms with E-state index in [9.17, 15) is 4.79 Å². The first-order valence-corrected chi connectivity index (χ1v) is 9.99. The molecule has 2 aromatic rings. The van der Waals surface area contributed by atoms with Crippen LogP contribution in [0.4, 0.5) is 0 Å². The van der Waals surface area contributed by atoms with Gasteiger partial charge in [-0.15, -0.1) is 0 Å². The Morgan fingerprint density at radius 1 is 1.11 bits per heavy atom. The van der Waals surface area contributed by atoms with Crippen LogP contribution in [-0.4, -0.2) is 37.0 Å². The van der Waals surface area contributed by atoms with Gasteiger partial charge >= 0.3 is 0 Å². The van der Waals surface area contributed by atoms with Crippen LogP contribution in [0.25, 0.3) is 0 Å². The molecule has 0 bridgehead atoms. The summed E-state index contributed by atoms with van der Waals surface area (Å²) in [5.41, 5.74) is 2.11. The summed E-state index contributed by atoms with van der Waals surface area (Å²) < 4.78 is 5.86. The maximum absolute atomic E-state index is 12.9. The highest BCUT2D eigenvalue weighted by molar-refractivity contribution is 6.30. The Kier molecular flexibility index (Phi) is 5.37. The lowest BCUT2D eigenvalue weighted by Crippen LogP contribution is -2.44. The van der Waals surface area contributed by atoms with Gasteiger partial charge in [-0.2, -0.15) is 0 Å². The predicted molar refractivity (Wildman–Crippen MR) is 107 cm³/mol. The Labute approximate surface area is 165 Å². The molecule has 0 atom stereocenters. The Balaban J connectivity index is 1.37. The average molecular weight is 385 g/mol. The van der Waals surface area contributed by atoms with Crippen LogP contribution in [-0.2, 0) is 6.61 Å². The molecular formula is C22H25ClN2O2. The van der Waals surface area contributed by atoms with E-state index < -0.39 is 0 Å². The second kappa shape index (κ2) is 7.91. The molecule has 4 nitrogen and oxygen atoms in total. The van der Waals surface area contributed by atoms with Crippen LogP contribution >= 0.6 is 11.6 Å². The van der Waals surface area contributed by atoms with E-state index in [1.807, 2.05) is 53.4 Å². The Morgan fingerprint density at radius 2 is 1.93 bits per heavy atom. The fourth-order valence-corrected chi connectivity index (χ4v) is 4.31. The first-order chi connectivity index (χ1) is 13.1. The van der Waals surface area contributed by atoms with Gasteiger partial charge < -0.3 is 15.0 Å². The standard InChI is InChI=1S/C22H25ClN2O2/c23-19-5-1-3-17(13-19)15-27-20-6-2-4-18(14-20)21(26)25-11-8-22(9-12-25)7-10-24-16-22/h1-6,13-14,24H,7-12,15-16H2. The molecule has 27 heavy (non-hydrogen) atoms. The minimum Gasteiger partial charge on any atom is -0.489 e. The lowest BCUT2D eigenvalue weighted by molar-refractivity contribution is 0.0607. The molecule has 2 saturated heterocycles. The van der Waals surface area contributed by atoms with Gasteiger partial charge in [0.25, 0.3) is 5.91 Å². The number of carbonyl (C=O) groups is 1. The zero-order valence-electron chi connectivity index (χ0n) is 15.4. The molecule has 4 rings (SSSR count). The highest BCUT2D eigenvalue weighted by Crippen LogP contribution is 2.37. The molecule has 2 aliphatic rings. The van der Waals surface area contributed by atoms with Gasteiger partial charge in [0.2, 0.25) is 0 Å². The zero-order chi connectivity index (χ0) is 18.7. The number of amides is 1. The lowest BCUT2D eigenvalue weighted by Gasteiger charge is -2.38. The highest BCUT2D eigenvalue weighted by Gasteiger charge is 2.38. The maximum atomic E-state index is 12.9. The number of hydrogen-bond acceptors (Lipinski definition) is 3. The second-order valence-corrected chi connectivity index (χ2v) is 8.10. The normalized spacial score (nSPS) is 18.6. The van der Waals surface area contributed by atoms with E-state index in [1.54, 1.807) is 0 Å². The topological polar surface area (TPSA) is 41.6 Å². The van der Waals surface area contributed by atoms with Crippen LogP contribution in [0.5, 0.6) is 5.75 Å². The van der Waals surface area contributed by atoms with Gasteiger partial charge in [-0.25, -0.2) is 0 Å². The minimum absolute atomic E-state index is 0.101. The van der Waals surface area contributed by atoms with Crippen LogP contribution in [0.3, 0.4) is 0 Å². The molecule has 0 aliphatic carbocycles. The number of nitrogens with one attached hydrogen (secondary N) is 1. The van der Waals surface area contributed by atoms with Gasteiger partial charge in [0.05, 0.1) is 0 Å². The van der Waals surface area contributed by atoms with E-state index >= 15 is 0 Å². The summed E-state index contributed by atoms with van der Waals surface area (Å²) in [6, 6.07) is 15.1. The smallest absolute Gasteiger partial charge is 0.253 e. The highest BCUT2D eigenvalue weighted by atomic mass is 35.5. The molecule has 0 aromatic heterocycles. The summed E-state index contributed by atoms with van der Waals surface area (Å²) in [7, 11) is 0. The molecule has 0 radical (unpaired) electrons. The van der Waals surface area contributed by atoms with Crippen molar-refractivity contribution in [2.75, 3.05) is 26.2 Å². The Hall–Kier alpha value is -2.04. The number of rotatable bonds is 4. The summed E-state index contributed by atoms with van der Waals surface area (Å²) in [5.74, 6) is 0.804. The van der Waals surface area contributed by atoms with E-state index in [4.69, 9.17) is 16.3 Å². The Morgan fingerprint density at radius 3 is 2.67 bits per heavy atom. The largest absolute Gasteiger partial charge is 0.489 e. The number of benzene rings is 2. The van der Waals surface area contributed by atoms with Crippen LogP contribution in [0.1, 0.15) is 35.2 Å². The average Bonchev–Trinajstić information content (AvgIpc) is 3.15. The zero-order valence-corrected chi connectivity index (χ0v) is 16.2. The number of hydrogen-bond donors (Lipinski definition) is 1. The van der Waals surface area contributed by atoms with Gasteiger partial charge in [0, 0.05) is 30.2 Å². The van der Waals surface area contributed by atoms with E-state index in [1.165, 1.54) is 6.42 Å². The van der Waals surface area contributed by atoms with Crippen molar-refractivity contribution < 1.29 is 9.53 Å². The first-order valence-electron chi connectivity index (χ1n) is 9.61. The summed E-state index contributed by atoms with van der Waals surface area (Å²) >= 11 is 6.01. The molecule has 1 spiro atoms. The van der Waals surface area contributed by atoms with Crippen LogP contribution in [0.15, 0.2) is 48.5 Å². The van der Waals surface area contributed by atoms with Gasteiger partial charge in [0.15, 0.2) is 0 Å². The fraction of sp³-hybridized carbons (Fsp3) is 0.409. The van der Waals surface area contributed by atoms with Crippen LogP contribution in [0.2, 0.25) is 5.02 Å². The SMILES string of the molecule is O=C(c1cccc(OCc2cccc(Cl)c2)c1)N1CCC2(CCNC2)CC1. The van der Waals surface area contributed by atoms with Crippen molar-refractivity contribution in [3.05, 3.63) is 64.7 Å². The molecular weight excluding hydrogens is 360 g/mol. The number of piperidine rings is 1. The van der Waals surface area contributed by atoms with Gasteiger partial charge in [-0.1, -0.05) is 29.8 Å². The summed E-state index contributed by atoms with van der Waals surface area (Å²) in [4.78, 5) is 14.9. The first kappa shape index (κ1) is 18.3. The number of ether oxygens (including phenoxy) is 1. The van der Waals surface area contributed by atoms with Crippen molar-refractivity contribution in [1.82, 2.24) is 10.2 Å². The van der Waals surface area contributed by atoms with Crippen molar-refractivity contribution in [3.63, 3.8) is 0 Å². The van der Waals surface area contributed by atoms with Crippen molar-refractivity contribution in [3.8, 4) is 5.75 Å². The van der Waals surface area contributed by atoms with Crippen LogP contribution in [0, 0.1) is 5.41 Å². The molecule has 0 saturated carbocycles. The van der Waals surface area contributed by atoms with Gasteiger partial charge in [0.1, 0.15) is 12.4 Å². The summed E-state index contributed by atoms with van der Waals surface area (Å²) in [6.07, 6.45) is 3.43. The Bertz CT molecular complexity index is 807. The van der Waals surface area contributed by atoms with E-state index in [0.717, 1.165) is 44.6 Å². The number of likely N-dealkylation sites (tertiary alicyclic amines) is 1. The summed E-state index contributed by atoms with van der Waals surface area (Å²) in [5, 5.41) is 4.16. The summed E-state index contributed by atoms with van der Waals surface area (Å²) in [6.45, 7) is 4.32. The third-order valence-corrected chi connectivity index (χ3v) is 6.05. The maximum Gasteiger partial charge on any atom is 0.253 e. The van der Waals surface area contributed by atoms with Crippen LogP contribution < -0.4 is 10.1 Å². The monoisotopic (exact) mass is 384 g/mol.